The van der Waals surface area contributed by atoms with Gasteiger partial charge >= 0.3 is 0 Å². The Labute approximate surface area is 238 Å². The molecule has 4 aliphatic rings. The fraction of sp³-hybridized carbons (Fsp3) is 0.742. The number of carbonyl (C=O) groups excluding carboxylic acids is 2. The maximum absolute atomic E-state index is 13.7. The highest BCUT2D eigenvalue weighted by Crippen LogP contribution is 2.28. The molecule has 0 bridgehead atoms. The van der Waals surface area contributed by atoms with E-state index in [9.17, 15) is 9.59 Å². The molecule has 0 spiro atoms. The van der Waals surface area contributed by atoms with Crippen molar-refractivity contribution in [2.75, 3.05) is 76.9 Å². The summed E-state index contributed by atoms with van der Waals surface area (Å²) in [6.45, 7) is 11.1. The van der Waals surface area contributed by atoms with Gasteiger partial charge in [-0.2, -0.15) is 9.78 Å². The first-order valence-electron chi connectivity index (χ1n) is 16.0. The lowest BCUT2D eigenvalue weighted by atomic mass is 9.90. The Morgan fingerprint density at radius 3 is 2.00 bits per heavy atom. The molecule has 0 aliphatic carbocycles. The van der Waals surface area contributed by atoms with Crippen LogP contribution in [0.3, 0.4) is 0 Å². The van der Waals surface area contributed by atoms with Crippen molar-refractivity contribution in [1.82, 2.24) is 29.5 Å². The second kappa shape index (κ2) is 13.1. The summed E-state index contributed by atoms with van der Waals surface area (Å²) < 4.78 is 1.45. The number of ketones is 1. The van der Waals surface area contributed by atoms with Crippen molar-refractivity contribution in [2.45, 2.75) is 70.6 Å². The van der Waals surface area contributed by atoms with E-state index in [1.165, 1.54) is 50.0 Å². The van der Waals surface area contributed by atoms with E-state index in [0.29, 0.717) is 30.2 Å². The summed E-state index contributed by atoms with van der Waals surface area (Å²) in [5.41, 5.74) is 0.974. The van der Waals surface area contributed by atoms with Crippen LogP contribution in [-0.4, -0.2) is 113 Å². The zero-order valence-corrected chi connectivity index (χ0v) is 24.2. The highest BCUT2D eigenvalue weighted by atomic mass is 16.2. The van der Waals surface area contributed by atoms with Crippen molar-refractivity contribution in [3.05, 3.63) is 17.8 Å². The number of fused-ring (bicyclic) bond motifs is 1. The molecule has 9 nitrogen and oxygen atoms in total. The molecule has 0 saturated carbocycles. The molecule has 4 aliphatic heterocycles. The second-order valence-corrected chi connectivity index (χ2v) is 12.5. The van der Waals surface area contributed by atoms with Gasteiger partial charge in [0.05, 0.1) is 11.9 Å². The monoisotopic (exact) mass is 549 g/mol. The van der Waals surface area contributed by atoms with Gasteiger partial charge in [-0.1, -0.05) is 12.8 Å². The van der Waals surface area contributed by atoms with Crippen molar-refractivity contribution in [3.63, 3.8) is 0 Å². The number of likely N-dealkylation sites (tertiary alicyclic amines) is 3. The van der Waals surface area contributed by atoms with Crippen LogP contribution in [0.5, 0.6) is 0 Å². The molecular formula is C31H47N7O2. The van der Waals surface area contributed by atoms with Crippen molar-refractivity contribution in [2.24, 2.45) is 5.92 Å². The number of anilines is 1. The minimum absolute atomic E-state index is 0.0533. The van der Waals surface area contributed by atoms with E-state index in [0.717, 1.165) is 95.5 Å². The Kier molecular flexibility index (Phi) is 9.09. The van der Waals surface area contributed by atoms with Gasteiger partial charge < -0.3 is 14.7 Å². The van der Waals surface area contributed by atoms with Crippen LogP contribution in [0.2, 0.25) is 0 Å². The molecule has 0 atom stereocenters. The maximum atomic E-state index is 13.7. The topological polar surface area (TPSA) is 77.8 Å². The third-order valence-corrected chi connectivity index (χ3v) is 9.62. The van der Waals surface area contributed by atoms with Gasteiger partial charge in [-0.05, 0) is 109 Å². The maximum Gasteiger partial charge on any atom is 0.263 e. The van der Waals surface area contributed by atoms with Gasteiger partial charge in [0.25, 0.3) is 5.91 Å². The average molecular weight is 550 g/mol. The smallest absolute Gasteiger partial charge is 0.263 e. The van der Waals surface area contributed by atoms with Gasteiger partial charge in [-0.25, -0.2) is 4.98 Å². The minimum Gasteiger partial charge on any atom is -0.357 e. The second-order valence-electron chi connectivity index (χ2n) is 12.5. The molecule has 2 aromatic rings. The van der Waals surface area contributed by atoms with Crippen molar-refractivity contribution < 1.29 is 9.59 Å². The molecule has 0 unspecified atom stereocenters. The Morgan fingerprint density at radius 1 is 0.725 bits per heavy atom. The highest BCUT2D eigenvalue weighted by molar-refractivity contribution is 6.07. The Bertz CT molecular complexity index is 1150. The van der Waals surface area contributed by atoms with Crippen LogP contribution >= 0.6 is 0 Å². The van der Waals surface area contributed by atoms with Crippen molar-refractivity contribution in [3.8, 4) is 0 Å². The van der Waals surface area contributed by atoms with Crippen LogP contribution in [-0.2, 0) is 0 Å². The molecular weight excluding hydrogens is 502 g/mol. The van der Waals surface area contributed by atoms with Crippen LogP contribution < -0.4 is 4.90 Å². The molecule has 40 heavy (non-hydrogen) atoms. The molecule has 218 valence electrons. The molecule has 4 saturated heterocycles. The van der Waals surface area contributed by atoms with E-state index in [2.05, 4.69) is 24.7 Å². The Balaban J connectivity index is 1.16. The standard InChI is InChI=1S/C31H47N7O2/c39-27(23-25-11-19-35(20-12-25)22-21-34-13-5-6-14-34)30-26-9-10-28(37-17-3-1-2-4-18-37)32-31(26)38(33-30)29(40)24-36-15-7-8-16-36/h9-10,25H,1-8,11-24H2. The average Bonchev–Trinajstić information content (AvgIpc) is 3.71. The third kappa shape index (κ3) is 6.58. The van der Waals surface area contributed by atoms with Crippen LogP contribution in [0.15, 0.2) is 12.1 Å². The number of aromatic nitrogens is 3. The first-order chi connectivity index (χ1) is 19.6. The van der Waals surface area contributed by atoms with E-state index >= 15 is 0 Å². The number of carbonyl (C=O) groups is 2. The van der Waals surface area contributed by atoms with Crippen LogP contribution in [0.25, 0.3) is 11.0 Å². The molecule has 4 fully saturated rings. The predicted octanol–water partition coefficient (Wildman–Crippen LogP) is 3.93. The largest absolute Gasteiger partial charge is 0.357 e. The molecule has 0 N–H and O–H groups in total. The lowest BCUT2D eigenvalue weighted by Gasteiger charge is -2.32. The van der Waals surface area contributed by atoms with Crippen LogP contribution in [0, 0.1) is 5.92 Å². The van der Waals surface area contributed by atoms with Gasteiger partial charge in [0.2, 0.25) is 0 Å². The summed E-state index contributed by atoms with van der Waals surface area (Å²) in [6, 6.07) is 4.02. The number of pyridine rings is 1. The Hall–Kier alpha value is -2.36. The van der Waals surface area contributed by atoms with Crippen LogP contribution in [0.1, 0.15) is 85.9 Å². The van der Waals surface area contributed by atoms with Gasteiger partial charge in [0.15, 0.2) is 11.4 Å². The molecule has 6 heterocycles. The first-order valence-corrected chi connectivity index (χ1v) is 16.0. The lowest BCUT2D eigenvalue weighted by Crippen LogP contribution is -2.39. The molecule has 0 amide bonds. The zero-order valence-electron chi connectivity index (χ0n) is 24.2. The van der Waals surface area contributed by atoms with Gasteiger partial charge in [0, 0.05) is 32.6 Å². The minimum atomic E-state index is -0.0854. The summed E-state index contributed by atoms with van der Waals surface area (Å²) in [5, 5.41) is 5.41. The first kappa shape index (κ1) is 27.8. The lowest BCUT2D eigenvalue weighted by molar-refractivity contribution is 0.0850. The van der Waals surface area contributed by atoms with E-state index in [-0.39, 0.29) is 11.7 Å². The fourth-order valence-electron chi connectivity index (χ4n) is 7.10. The molecule has 6 rings (SSSR count). The molecule has 0 aromatic carbocycles. The predicted molar refractivity (Wildman–Crippen MR) is 158 cm³/mol. The van der Waals surface area contributed by atoms with E-state index in [1.54, 1.807) is 0 Å². The van der Waals surface area contributed by atoms with Gasteiger partial charge in [-0.15, -0.1) is 0 Å². The third-order valence-electron chi connectivity index (χ3n) is 9.62. The van der Waals surface area contributed by atoms with E-state index in [4.69, 9.17) is 4.98 Å². The molecule has 2 aromatic heterocycles. The van der Waals surface area contributed by atoms with E-state index in [1.807, 2.05) is 12.1 Å². The molecule has 0 radical (unpaired) electrons. The summed E-state index contributed by atoms with van der Waals surface area (Å²) in [6.07, 6.45) is 12.4. The quantitative estimate of drug-likeness (QED) is 0.436. The Morgan fingerprint density at radius 2 is 1.32 bits per heavy atom. The summed E-state index contributed by atoms with van der Waals surface area (Å²) in [5.74, 6) is 1.24. The summed E-state index contributed by atoms with van der Waals surface area (Å²) >= 11 is 0. The number of nitrogens with zero attached hydrogens (tertiary/aromatic N) is 7. The van der Waals surface area contributed by atoms with Crippen molar-refractivity contribution in [1.29, 1.82) is 0 Å². The summed E-state index contributed by atoms with van der Waals surface area (Å²) in [4.78, 5) is 41.8. The van der Waals surface area contributed by atoms with Gasteiger partial charge in [0.1, 0.15) is 11.5 Å². The number of Topliss-reactive ketones (excluding diaryl/α,β-unsaturated/α-hetero) is 1. The highest BCUT2D eigenvalue weighted by Gasteiger charge is 2.28. The van der Waals surface area contributed by atoms with Crippen LogP contribution in [0.4, 0.5) is 5.82 Å². The fourth-order valence-corrected chi connectivity index (χ4v) is 7.10. The zero-order chi connectivity index (χ0) is 27.3. The number of rotatable bonds is 9. The normalized spacial score (nSPS) is 22.4. The molecule has 9 heteroatoms. The van der Waals surface area contributed by atoms with Crippen molar-refractivity contribution >= 4 is 28.5 Å². The summed E-state index contributed by atoms with van der Waals surface area (Å²) in [7, 11) is 0. The SMILES string of the molecule is O=C(CC1CCN(CCN2CCCC2)CC1)c1nn(C(=O)CN2CCCC2)c2nc(N3CCCCCC3)ccc12. The number of hydrogen-bond donors (Lipinski definition) is 0. The number of hydrogen-bond acceptors (Lipinski definition) is 8. The number of piperidine rings is 1. The van der Waals surface area contributed by atoms with E-state index < -0.39 is 0 Å². The van der Waals surface area contributed by atoms with Gasteiger partial charge in [-0.3, -0.25) is 14.5 Å².